The fourth-order valence-corrected chi connectivity index (χ4v) is 2.10. The molecule has 0 fully saturated rings. The largest absolute Gasteiger partial charge is 0.465 e. The van der Waals surface area contributed by atoms with Crippen molar-refractivity contribution in [3.8, 4) is 11.3 Å². The lowest BCUT2D eigenvalue weighted by molar-refractivity contribution is 0.0600. The van der Waals surface area contributed by atoms with Gasteiger partial charge in [0.05, 0.1) is 25.0 Å². The molecule has 0 atom stereocenters. The van der Waals surface area contributed by atoms with Gasteiger partial charge in [-0.1, -0.05) is 24.3 Å². The number of methoxy groups -OCH3 is 1. The Labute approximate surface area is 119 Å². The minimum atomic E-state index is -0.406. The number of esters is 1. The number of carbonyl (C=O) groups excluding carboxylic acids is 1. The Hall–Kier alpha value is -1.72. The Bertz CT molecular complexity index is 596. The molecule has 1 aromatic heterocycles. The third kappa shape index (κ3) is 3.19. The fourth-order valence-electron chi connectivity index (χ4n) is 1.66. The summed E-state index contributed by atoms with van der Waals surface area (Å²) in [7, 11) is 1.34. The average molecular weight is 322 g/mol. The van der Waals surface area contributed by atoms with Crippen LogP contribution in [0.5, 0.6) is 0 Å². The summed E-state index contributed by atoms with van der Waals surface area (Å²) in [5.74, 6) is -0.406. The maximum absolute atomic E-state index is 11.5. The molecule has 2 aromatic rings. The highest BCUT2D eigenvalue weighted by Gasteiger charge is 2.10. The number of aliphatic hydroxyl groups excluding tert-OH is 1. The minimum Gasteiger partial charge on any atom is -0.465 e. The zero-order valence-electron chi connectivity index (χ0n) is 10.3. The lowest BCUT2D eigenvalue weighted by Crippen LogP contribution is -2.02. The first-order chi connectivity index (χ1) is 9.13. The van der Waals surface area contributed by atoms with Crippen LogP contribution in [0.1, 0.15) is 15.9 Å². The standard InChI is InChI=1S/C14H12BrNO3/c1-19-14(18)11-6-12(16-13(15)7-11)10-4-2-9(8-17)3-5-10/h2-7,17H,8H2,1H3. The van der Waals surface area contributed by atoms with E-state index >= 15 is 0 Å². The van der Waals surface area contributed by atoms with Crippen LogP contribution >= 0.6 is 15.9 Å². The van der Waals surface area contributed by atoms with Crippen LogP contribution in [0.4, 0.5) is 0 Å². The van der Waals surface area contributed by atoms with Crippen molar-refractivity contribution in [1.29, 1.82) is 0 Å². The van der Waals surface area contributed by atoms with Crippen LogP contribution in [0.15, 0.2) is 41.0 Å². The van der Waals surface area contributed by atoms with Gasteiger partial charge in [-0.3, -0.25) is 0 Å². The number of ether oxygens (including phenoxy) is 1. The molecule has 1 heterocycles. The van der Waals surface area contributed by atoms with Gasteiger partial charge >= 0.3 is 5.97 Å². The van der Waals surface area contributed by atoms with E-state index in [-0.39, 0.29) is 6.61 Å². The highest BCUT2D eigenvalue weighted by atomic mass is 79.9. The molecule has 0 aliphatic carbocycles. The van der Waals surface area contributed by atoms with Gasteiger partial charge < -0.3 is 9.84 Å². The lowest BCUT2D eigenvalue weighted by atomic mass is 10.1. The van der Waals surface area contributed by atoms with E-state index in [1.54, 1.807) is 12.1 Å². The summed E-state index contributed by atoms with van der Waals surface area (Å²) >= 11 is 3.28. The quantitative estimate of drug-likeness (QED) is 0.697. The smallest absolute Gasteiger partial charge is 0.338 e. The molecule has 19 heavy (non-hydrogen) atoms. The van der Waals surface area contributed by atoms with E-state index in [0.29, 0.717) is 15.9 Å². The Morgan fingerprint density at radius 2 is 2.00 bits per heavy atom. The molecule has 4 nitrogen and oxygen atoms in total. The zero-order chi connectivity index (χ0) is 13.8. The highest BCUT2D eigenvalue weighted by Crippen LogP contribution is 2.22. The first-order valence-electron chi connectivity index (χ1n) is 5.60. The Kier molecular flexibility index (Phi) is 4.29. The first-order valence-corrected chi connectivity index (χ1v) is 6.39. The van der Waals surface area contributed by atoms with Crippen molar-refractivity contribution in [2.24, 2.45) is 0 Å². The van der Waals surface area contributed by atoms with Crippen molar-refractivity contribution in [1.82, 2.24) is 4.98 Å². The number of benzene rings is 1. The summed E-state index contributed by atoms with van der Waals surface area (Å²) in [4.78, 5) is 15.9. The monoisotopic (exact) mass is 321 g/mol. The Balaban J connectivity index is 2.43. The van der Waals surface area contributed by atoms with Crippen molar-refractivity contribution < 1.29 is 14.6 Å². The minimum absolute atomic E-state index is 0.000394. The number of hydrogen-bond acceptors (Lipinski definition) is 4. The fraction of sp³-hybridized carbons (Fsp3) is 0.143. The molecule has 0 unspecified atom stereocenters. The van der Waals surface area contributed by atoms with E-state index < -0.39 is 5.97 Å². The summed E-state index contributed by atoms with van der Waals surface area (Å²) < 4.78 is 5.26. The predicted octanol–water partition coefficient (Wildman–Crippen LogP) is 2.79. The predicted molar refractivity (Wildman–Crippen MR) is 74.6 cm³/mol. The van der Waals surface area contributed by atoms with Gasteiger partial charge in [0.15, 0.2) is 0 Å². The average Bonchev–Trinajstić information content (AvgIpc) is 2.45. The van der Waals surface area contributed by atoms with E-state index in [1.807, 2.05) is 24.3 Å². The number of nitrogens with zero attached hydrogens (tertiary/aromatic N) is 1. The third-order valence-electron chi connectivity index (χ3n) is 2.65. The van der Waals surface area contributed by atoms with Crippen LogP contribution in [0, 0.1) is 0 Å². The zero-order valence-corrected chi connectivity index (χ0v) is 11.8. The normalized spacial score (nSPS) is 10.3. The molecule has 0 bridgehead atoms. The number of aromatic nitrogens is 1. The van der Waals surface area contributed by atoms with Gasteiger partial charge in [-0.15, -0.1) is 0 Å². The van der Waals surface area contributed by atoms with Gasteiger partial charge in [-0.25, -0.2) is 9.78 Å². The second-order valence-corrected chi connectivity index (χ2v) is 4.72. The van der Waals surface area contributed by atoms with Gasteiger partial charge in [0.2, 0.25) is 0 Å². The van der Waals surface area contributed by atoms with E-state index in [2.05, 4.69) is 20.9 Å². The molecule has 98 valence electrons. The number of hydrogen-bond donors (Lipinski definition) is 1. The molecule has 0 aliphatic rings. The molecular weight excluding hydrogens is 310 g/mol. The number of pyridine rings is 1. The van der Waals surface area contributed by atoms with Gasteiger partial charge in [0.25, 0.3) is 0 Å². The topological polar surface area (TPSA) is 59.4 Å². The SMILES string of the molecule is COC(=O)c1cc(Br)nc(-c2ccc(CO)cc2)c1. The molecule has 2 rings (SSSR count). The molecule has 0 saturated heterocycles. The number of halogens is 1. The van der Waals surface area contributed by atoms with Crippen molar-refractivity contribution >= 4 is 21.9 Å². The van der Waals surface area contributed by atoms with Crippen molar-refractivity contribution in [3.63, 3.8) is 0 Å². The van der Waals surface area contributed by atoms with Crippen LogP contribution in [0.3, 0.4) is 0 Å². The molecule has 0 aliphatic heterocycles. The van der Waals surface area contributed by atoms with Crippen LogP contribution in [0.2, 0.25) is 0 Å². The van der Waals surface area contributed by atoms with Crippen LogP contribution < -0.4 is 0 Å². The molecule has 5 heteroatoms. The number of carbonyl (C=O) groups is 1. The molecule has 1 aromatic carbocycles. The third-order valence-corrected chi connectivity index (χ3v) is 3.05. The second-order valence-electron chi connectivity index (χ2n) is 3.91. The maximum Gasteiger partial charge on any atom is 0.338 e. The molecule has 0 radical (unpaired) electrons. The van der Waals surface area contributed by atoms with Gasteiger partial charge in [0.1, 0.15) is 4.60 Å². The molecule has 1 N–H and O–H groups in total. The van der Waals surface area contributed by atoms with E-state index in [9.17, 15) is 4.79 Å². The summed E-state index contributed by atoms with van der Waals surface area (Å²) in [6.45, 7) is -0.000394. The summed E-state index contributed by atoms with van der Waals surface area (Å²) in [6, 6.07) is 10.6. The van der Waals surface area contributed by atoms with E-state index in [0.717, 1.165) is 11.1 Å². The van der Waals surface area contributed by atoms with Crippen molar-refractivity contribution in [2.45, 2.75) is 6.61 Å². The Morgan fingerprint density at radius 1 is 1.32 bits per heavy atom. The Morgan fingerprint density at radius 3 is 2.58 bits per heavy atom. The van der Waals surface area contributed by atoms with Gasteiger partial charge in [0, 0.05) is 5.56 Å². The molecular formula is C14H12BrNO3. The number of aliphatic hydroxyl groups is 1. The van der Waals surface area contributed by atoms with Crippen LogP contribution in [-0.2, 0) is 11.3 Å². The van der Waals surface area contributed by atoms with E-state index in [1.165, 1.54) is 7.11 Å². The highest BCUT2D eigenvalue weighted by molar-refractivity contribution is 9.10. The summed E-state index contributed by atoms with van der Waals surface area (Å²) in [5.41, 5.74) is 2.79. The summed E-state index contributed by atoms with van der Waals surface area (Å²) in [6.07, 6.45) is 0. The van der Waals surface area contributed by atoms with Crippen LogP contribution in [0.25, 0.3) is 11.3 Å². The summed E-state index contributed by atoms with van der Waals surface area (Å²) in [5, 5.41) is 9.01. The first kappa shape index (κ1) is 13.7. The number of rotatable bonds is 3. The van der Waals surface area contributed by atoms with Crippen LogP contribution in [-0.4, -0.2) is 23.2 Å². The van der Waals surface area contributed by atoms with E-state index in [4.69, 9.17) is 9.84 Å². The maximum atomic E-state index is 11.5. The molecule has 0 amide bonds. The molecule has 0 spiro atoms. The van der Waals surface area contributed by atoms with Crippen molar-refractivity contribution in [2.75, 3.05) is 7.11 Å². The van der Waals surface area contributed by atoms with Crippen molar-refractivity contribution in [3.05, 3.63) is 52.1 Å². The second kappa shape index (κ2) is 5.95. The lowest BCUT2D eigenvalue weighted by Gasteiger charge is -2.06. The van der Waals surface area contributed by atoms with Gasteiger partial charge in [-0.05, 0) is 33.6 Å². The van der Waals surface area contributed by atoms with Gasteiger partial charge in [-0.2, -0.15) is 0 Å². The molecule has 0 saturated carbocycles.